The van der Waals surface area contributed by atoms with Crippen LogP contribution in [0, 0.1) is 0 Å². The van der Waals surface area contributed by atoms with Gasteiger partial charge in [-0.2, -0.15) is 0 Å². The van der Waals surface area contributed by atoms with E-state index in [1.807, 2.05) is 6.08 Å². The molecule has 79 heavy (non-hydrogen) atoms. The second kappa shape index (κ2) is 59.6. The van der Waals surface area contributed by atoms with Gasteiger partial charge in [-0.1, -0.05) is 333 Å². The third-order valence-electron chi connectivity index (χ3n) is 16.7. The molecule has 0 bridgehead atoms. The molecule has 0 spiro atoms. The minimum atomic E-state index is -1.57. The van der Waals surface area contributed by atoms with Crippen molar-refractivity contribution < 1.29 is 39.8 Å². The SMILES string of the molecule is CCCCCCCCCCCCCCCC/C=C/CC/C=C/CC/C=C/C(O)C(COC1OC(CO)C(O)C(O)C1O)NC(=O)CCCCCCCCCCCCCCCCCCCCCCCCCCCCCCCCCC. The van der Waals surface area contributed by atoms with Gasteiger partial charge in [-0.25, -0.2) is 0 Å². The van der Waals surface area contributed by atoms with Gasteiger partial charge in [0.05, 0.1) is 25.4 Å². The average Bonchev–Trinajstić information content (AvgIpc) is 3.47. The molecule has 0 aromatic heterocycles. The molecule has 1 aliphatic heterocycles. The molecule has 7 unspecified atom stereocenters. The van der Waals surface area contributed by atoms with Crippen molar-refractivity contribution in [2.24, 2.45) is 0 Å². The summed E-state index contributed by atoms with van der Waals surface area (Å²) in [4.78, 5) is 13.1. The summed E-state index contributed by atoms with van der Waals surface area (Å²) < 4.78 is 11.3. The van der Waals surface area contributed by atoms with Crippen molar-refractivity contribution in [2.45, 2.75) is 391 Å². The largest absolute Gasteiger partial charge is 0.394 e. The maximum Gasteiger partial charge on any atom is 0.220 e. The predicted octanol–water partition coefficient (Wildman–Crippen LogP) is 18.6. The number of hydrogen-bond donors (Lipinski definition) is 6. The van der Waals surface area contributed by atoms with Crippen LogP contribution in [0.25, 0.3) is 0 Å². The van der Waals surface area contributed by atoms with Gasteiger partial charge in [-0.3, -0.25) is 4.79 Å². The maximum atomic E-state index is 13.1. The van der Waals surface area contributed by atoms with E-state index < -0.39 is 49.5 Å². The average molecular weight is 1120 g/mol. The molecule has 9 nitrogen and oxygen atoms in total. The van der Waals surface area contributed by atoms with Gasteiger partial charge in [-0.05, 0) is 44.9 Å². The smallest absolute Gasteiger partial charge is 0.220 e. The van der Waals surface area contributed by atoms with E-state index in [-0.39, 0.29) is 12.5 Å². The van der Waals surface area contributed by atoms with Crippen molar-refractivity contribution in [1.29, 1.82) is 0 Å². The molecule has 466 valence electrons. The first-order valence-corrected chi connectivity index (χ1v) is 34.7. The van der Waals surface area contributed by atoms with Crippen molar-refractivity contribution in [3.63, 3.8) is 0 Å². The summed E-state index contributed by atoms with van der Waals surface area (Å²) in [5.41, 5.74) is 0. The van der Waals surface area contributed by atoms with Crippen LogP contribution < -0.4 is 5.32 Å². The summed E-state index contributed by atoms with van der Waals surface area (Å²) in [7, 11) is 0. The number of allylic oxidation sites excluding steroid dienone is 5. The number of ether oxygens (including phenoxy) is 2. The number of aliphatic hydroxyl groups excluding tert-OH is 5. The highest BCUT2D eigenvalue weighted by molar-refractivity contribution is 5.76. The second-order valence-electron chi connectivity index (χ2n) is 24.3. The van der Waals surface area contributed by atoms with Crippen molar-refractivity contribution in [1.82, 2.24) is 5.32 Å². The molecule has 1 saturated heterocycles. The zero-order valence-electron chi connectivity index (χ0n) is 52.2. The van der Waals surface area contributed by atoms with E-state index in [0.717, 1.165) is 44.9 Å². The highest BCUT2D eigenvalue weighted by atomic mass is 16.7. The van der Waals surface area contributed by atoms with Gasteiger partial charge in [0.2, 0.25) is 5.91 Å². The van der Waals surface area contributed by atoms with Crippen LogP contribution in [0.5, 0.6) is 0 Å². The van der Waals surface area contributed by atoms with Crippen LogP contribution in [-0.2, 0) is 14.3 Å². The monoisotopic (exact) mass is 1120 g/mol. The van der Waals surface area contributed by atoms with Crippen LogP contribution in [-0.4, -0.2) is 87.5 Å². The molecule has 1 aliphatic rings. The number of carbonyl (C=O) groups excluding carboxylic acids is 1. The molecular weight excluding hydrogens is 983 g/mol. The minimum Gasteiger partial charge on any atom is -0.394 e. The maximum absolute atomic E-state index is 13.1. The fourth-order valence-electron chi connectivity index (χ4n) is 11.3. The summed E-state index contributed by atoms with van der Waals surface area (Å²) in [5.74, 6) is -0.183. The fraction of sp³-hybridized carbons (Fsp3) is 0.900. The van der Waals surface area contributed by atoms with Gasteiger partial charge in [0.1, 0.15) is 24.4 Å². The van der Waals surface area contributed by atoms with Gasteiger partial charge >= 0.3 is 0 Å². The number of hydrogen-bond acceptors (Lipinski definition) is 8. The molecule has 9 heteroatoms. The van der Waals surface area contributed by atoms with Crippen LogP contribution >= 0.6 is 0 Å². The van der Waals surface area contributed by atoms with Crippen molar-refractivity contribution in [3.05, 3.63) is 36.5 Å². The second-order valence-corrected chi connectivity index (χ2v) is 24.3. The van der Waals surface area contributed by atoms with E-state index >= 15 is 0 Å². The normalized spacial score (nSPS) is 18.7. The molecule has 1 fully saturated rings. The Hall–Kier alpha value is -1.59. The summed E-state index contributed by atoms with van der Waals surface area (Å²) in [6.07, 6.45) is 72.6. The fourth-order valence-corrected chi connectivity index (χ4v) is 11.3. The number of unbranched alkanes of at least 4 members (excludes halogenated alkanes) is 47. The molecule has 0 aliphatic carbocycles. The first-order valence-electron chi connectivity index (χ1n) is 34.7. The molecule has 7 atom stereocenters. The van der Waals surface area contributed by atoms with Crippen LogP contribution in [0.4, 0.5) is 0 Å². The third kappa shape index (κ3) is 48.5. The van der Waals surface area contributed by atoms with Crippen molar-refractivity contribution in [2.75, 3.05) is 13.2 Å². The van der Waals surface area contributed by atoms with Crippen LogP contribution in [0.3, 0.4) is 0 Å². The van der Waals surface area contributed by atoms with Crippen LogP contribution in [0.2, 0.25) is 0 Å². The van der Waals surface area contributed by atoms with E-state index in [4.69, 9.17) is 9.47 Å². The highest BCUT2D eigenvalue weighted by Gasteiger charge is 2.44. The van der Waals surface area contributed by atoms with E-state index in [1.54, 1.807) is 6.08 Å². The molecular formula is C70H133NO8. The molecule has 1 amide bonds. The van der Waals surface area contributed by atoms with Gasteiger partial charge in [0, 0.05) is 6.42 Å². The number of amides is 1. The first kappa shape index (κ1) is 75.4. The molecule has 0 saturated carbocycles. The molecule has 0 radical (unpaired) electrons. The van der Waals surface area contributed by atoms with E-state index in [1.165, 1.54) is 283 Å². The Balaban J connectivity index is 2.14. The quantitative estimate of drug-likeness (QED) is 0.0261. The Morgan fingerprint density at radius 2 is 0.722 bits per heavy atom. The summed E-state index contributed by atoms with van der Waals surface area (Å²) in [5, 5.41) is 54.7. The topological polar surface area (TPSA) is 149 Å². The lowest BCUT2D eigenvalue weighted by molar-refractivity contribution is -0.302. The molecule has 0 aromatic rings. The Morgan fingerprint density at radius 1 is 0.418 bits per heavy atom. The van der Waals surface area contributed by atoms with Gasteiger partial charge < -0.3 is 40.3 Å². The van der Waals surface area contributed by atoms with E-state index in [2.05, 4.69) is 43.5 Å². The lowest BCUT2D eigenvalue weighted by Crippen LogP contribution is -2.60. The number of rotatable bonds is 61. The summed E-state index contributed by atoms with van der Waals surface area (Å²) in [6, 6.07) is -0.827. The predicted molar refractivity (Wildman–Crippen MR) is 337 cm³/mol. The Kier molecular flexibility index (Phi) is 56.9. The number of aliphatic hydroxyl groups is 5. The summed E-state index contributed by atoms with van der Waals surface area (Å²) in [6.45, 7) is 3.81. The van der Waals surface area contributed by atoms with E-state index in [9.17, 15) is 30.3 Å². The van der Waals surface area contributed by atoms with Gasteiger partial charge in [-0.15, -0.1) is 0 Å². The van der Waals surface area contributed by atoms with Gasteiger partial charge in [0.25, 0.3) is 0 Å². The first-order chi connectivity index (χ1) is 38.8. The molecule has 1 heterocycles. The number of carbonyl (C=O) groups is 1. The lowest BCUT2D eigenvalue weighted by Gasteiger charge is -2.40. The Morgan fingerprint density at radius 3 is 1.06 bits per heavy atom. The molecule has 1 rings (SSSR count). The minimum absolute atomic E-state index is 0.183. The van der Waals surface area contributed by atoms with Crippen molar-refractivity contribution in [3.8, 4) is 0 Å². The zero-order valence-corrected chi connectivity index (χ0v) is 52.2. The van der Waals surface area contributed by atoms with Crippen LogP contribution in [0.1, 0.15) is 348 Å². The zero-order chi connectivity index (χ0) is 57.2. The molecule has 0 aromatic carbocycles. The Bertz CT molecular complexity index is 1340. The Labute approximate surface area is 489 Å². The highest BCUT2D eigenvalue weighted by Crippen LogP contribution is 2.23. The van der Waals surface area contributed by atoms with Crippen LogP contribution in [0.15, 0.2) is 36.5 Å². The summed E-state index contributed by atoms with van der Waals surface area (Å²) >= 11 is 0. The third-order valence-corrected chi connectivity index (χ3v) is 16.7. The number of nitrogens with one attached hydrogen (secondary N) is 1. The molecule has 6 N–H and O–H groups in total. The van der Waals surface area contributed by atoms with Gasteiger partial charge in [0.15, 0.2) is 6.29 Å². The van der Waals surface area contributed by atoms with E-state index in [0.29, 0.717) is 6.42 Å². The standard InChI is InChI=1S/C70H133NO8/c1-3-5-7-9-11-13-15-17-19-21-23-25-27-29-30-31-32-33-34-35-36-38-40-42-44-46-48-50-52-54-56-58-60-66(74)71-63(62-78-70-69(77)68(76)67(75)65(61-72)79-70)64(73)59-57-55-53-51-49-47-45-43-41-39-37-28-26-24-22-20-18-16-14-12-10-8-6-4-2/h41,43,49,51,57,59,63-65,67-70,72-73,75-77H,3-40,42,44-48,50,52-56,58,60-62H2,1-2H3,(H,71,74)/b43-41+,51-49+,59-57+. The van der Waals surface area contributed by atoms with Crippen molar-refractivity contribution >= 4 is 5.91 Å². The lowest BCUT2D eigenvalue weighted by atomic mass is 9.99.